The highest BCUT2D eigenvalue weighted by atomic mass is 16.5. The number of carboxylic acid groups (broad SMARTS) is 1. The second-order valence-electron chi connectivity index (χ2n) is 4.69. The zero-order chi connectivity index (χ0) is 14.0. The van der Waals surface area contributed by atoms with Crippen molar-refractivity contribution >= 4 is 11.9 Å². The number of morpholine rings is 1. The maximum absolute atomic E-state index is 12.4. The van der Waals surface area contributed by atoms with E-state index in [1.807, 2.05) is 13.8 Å². The Bertz CT molecular complexity index is 476. The standard InChI is InChI=1S/C13H16N2O4/c1-8-6-19-7-9(2)15(8)12(16)10-3-4-11(13(17)18)14-5-10/h3-5,8-9H,6-7H2,1-2H3,(H,17,18)/t8-,9-/m0/s1. The molecule has 0 saturated carbocycles. The van der Waals surface area contributed by atoms with E-state index in [0.717, 1.165) is 0 Å². The molecule has 1 aromatic rings. The fourth-order valence-corrected chi connectivity index (χ4v) is 2.20. The first-order chi connectivity index (χ1) is 9.00. The van der Waals surface area contributed by atoms with E-state index in [2.05, 4.69) is 4.98 Å². The Morgan fingerprint density at radius 1 is 1.32 bits per heavy atom. The molecule has 6 nitrogen and oxygen atoms in total. The maximum atomic E-state index is 12.4. The summed E-state index contributed by atoms with van der Waals surface area (Å²) in [6.07, 6.45) is 1.31. The predicted molar refractivity (Wildman–Crippen MR) is 67.1 cm³/mol. The van der Waals surface area contributed by atoms with Gasteiger partial charge in [0, 0.05) is 6.20 Å². The Kier molecular flexibility index (Phi) is 3.80. The number of rotatable bonds is 2. The van der Waals surface area contributed by atoms with Crippen LogP contribution in [-0.4, -0.2) is 52.2 Å². The van der Waals surface area contributed by atoms with Crippen molar-refractivity contribution in [2.75, 3.05) is 13.2 Å². The van der Waals surface area contributed by atoms with Gasteiger partial charge in [0.05, 0.1) is 30.9 Å². The fraction of sp³-hybridized carbons (Fsp3) is 0.462. The molecule has 0 radical (unpaired) electrons. The Hall–Kier alpha value is -1.95. The van der Waals surface area contributed by atoms with E-state index in [1.54, 1.807) is 4.90 Å². The number of ether oxygens (including phenoxy) is 1. The van der Waals surface area contributed by atoms with E-state index in [0.29, 0.717) is 18.8 Å². The lowest BCUT2D eigenvalue weighted by Gasteiger charge is -2.38. The third-order valence-electron chi connectivity index (χ3n) is 3.13. The molecule has 2 atom stereocenters. The Morgan fingerprint density at radius 3 is 2.42 bits per heavy atom. The number of amides is 1. The van der Waals surface area contributed by atoms with Crippen molar-refractivity contribution in [1.29, 1.82) is 0 Å². The Labute approximate surface area is 111 Å². The van der Waals surface area contributed by atoms with Gasteiger partial charge in [-0.05, 0) is 26.0 Å². The van der Waals surface area contributed by atoms with Crippen molar-refractivity contribution in [2.45, 2.75) is 25.9 Å². The zero-order valence-corrected chi connectivity index (χ0v) is 10.9. The summed E-state index contributed by atoms with van der Waals surface area (Å²) in [5, 5.41) is 8.77. The highest BCUT2D eigenvalue weighted by molar-refractivity contribution is 5.95. The van der Waals surface area contributed by atoms with Crippen molar-refractivity contribution in [2.24, 2.45) is 0 Å². The van der Waals surface area contributed by atoms with E-state index in [-0.39, 0.29) is 23.7 Å². The molecule has 1 N–H and O–H groups in total. The van der Waals surface area contributed by atoms with Crippen LogP contribution in [-0.2, 0) is 4.74 Å². The lowest BCUT2D eigenvalue weighted by Crippen LogP contribution is -2.52. The molecule has 1 fully saturated rings. The minimum atomic E-state index is -1.10. The van der Waals surface area contributed by atoms with Crippen LogP contribution in [0.2, 0.25) is 0 Å². The summed E-state index contributed by atoms with van der Waals surface area (Å²) in [4.78, 5) is 28.6. The van der Waals surface area contributed by atoms with Crippen LogP contribution >= 0.6 is 0 Å². The molecule has 0 aliphatic carbocycles. The first-order valence-corrected chi connectivity index (χ1v) is 6.10. The molecule has 0 aromatic carbocycles. The molecule has 2 rings (SSSR count). The number of hydrogen-bond donors (Lipinski definition) is 1. The molecular weight excluding hydrogens is 248 g/mol. The molecule has 0 bridgehead atoms. The summed E-state index contributed by atoms with van der Waals surface area (Å²) in [5.74, 6) is -1.25. The first-order valence-electron chi connectivity index (χ1n) is 6.10. The third kappa shape index (κ3) is 2.73. The molecule has 1 saturated heterocycles. The minimum Gasteiger partial charge on any atom is -0.477 e. The summed E-state index contributed by atoms with van der Waals surface area (Å²) in [6.45, 7) is 4.87. The number of pyridine rings is 1. The molecule has 19 heavy (non-hydrogen) atoms. The SMILES string of the molecule is C[C@H]1COC[C@H](C)N1C(=O)c1ccc(C(=O)O)nc1. The molecule has 6 heteroatoms. The van der Waals surface area contributed by atoms with E-state index in [9.17, 15) is 9.59 Å². The van der Waals surface area contributed by atoms with Gasteiger partial charge in [0.25, 0.3) is 5.91 Å². The smallest absolute Gasteiger partial charge is 0.354 e. The van der Waals surface area contributed by atoms with Gasteiger partial charge in [0.1, 0.15) is 5.69 Å². The number of carbonyl (C=O) groups excluding carboxylic acids is 1. The number of carboxylic acids is 1. The van der Waals surface area contributed by atoms with Crippen LogP contribution < -0.4 is 0 Å². The minimum absolute atomic E-state index is 0.00426. The average molecular weight is 264 g/mol. The second kappa shape index (κ2) is 5.36. The van der Waals surface area contributed by atoms with Crippen LogP contribution in [0.4, 0.5) is 0 Å². The molecule has 102 valence electrons. The normalized spacial score (nSPS) is 23.2. The summed E-state index contributed by atoms with van der Waals surface area (Å²) in [7, 11) is 0. The summed E-state index contributed by atoms with van der Waals surface area (Å²) in [6, 6.07) is 2.82. The summed E-state index contributed by atoms with van der Waals surface area (Å²) < 4.78 is 5.37. The number of hydrogen-bond acceptors (Lipinski definition) is 4. The maximum Gasteiger partial charge on any atom is 0.354 e. The number of carbonyl (C=O) groups is 2. The highest BCUT2D eigenvalue weighted by Crippen LogP contribution is 2.17. The van der Waals surface area contributed by atoms with Gasteiger partial charge >= 0.3 is 5.97 Å². The monoisotopic (exact) mass is 264 g/mol. The van der Waals surface area contributed by atoms with Gasteiger partial charge in [-0.25, -0.2) is 9.78 Å². The van der Waals surface area contributed by atoms with Gasteiger partial charge in [-0.15, -0.1) is 0 Å². The molecule has 2 heterocycles. The van der Waals surface area contributed by atoms with Crippen LogP contribution in [0.3, 0.4) is 0 Å². The number of aromatic carboxylic acids is 1. The van der Waals surface area contributed by atoms with Crippen molar-refractivity contribution in [3.63, 3.8) is 0 Å². The lowest BCUT2D eigenvalue weighted by molar-refractivity contribution is -0.0249. The van der Waals surface area contributed by atoms with E-state index in [1.165, 1.54) is 18.3 Å². The largest absolute Gasteiger partial charge is 0.477 e. The third-order valence-corrected chi connectivity index (χ3v) is 3.13. The van der Waals surface area contributed by atoms with Gasteiger partial charge < -0.3 is 14.7 Å². The number of aromatic nitrogens is 1. The summed E-state index contributed by atoms with van der Waals surface area (Å²) >= 11 is 0. The van der Waals surface area contributed by atoms with Gasteiger partial charge in [0.15, 0.2) is 0 Å². The van der Waals surface area contributed by atoms with Crippen molar-refractivity contribution in [3.05, 3.63) is 29.6 Å². The van der Waals surface area contributed by atoms with Gasteiger partial charge in [-0.2, -0.15) is 0 Å². The summed E-state index contributed by atoms with van der Waals surface area (Å²) in [5.41, 5.74) is 0.324. The van der Waals surface area contributed by atoms with E-state index >= 15 is 0 Å². The molecule has 0 spiro atoms. The Balaban J connectivity index is 2.20. The van der Waals surface area contributed by atoms with Crippen molar-refractivity contribution in [3.8, 4) is 0 Å². The molecule has 1 aromatic heterocycles. The van der Waals surface area contributed by atoms with Crippen LogP contribution in [0.15, 0.2) is 18.3 Å². The van der Waals surface area contributed by atoms with Crippen molar-refractivity contribution in [1.82, 2.24) is 9.88 Å². The topological polar surface area (TPSA) is 79.7 Å². The second-order valence-corrected chi connectivity index (χ2v) is 4.69. The van der Waals surface area contributed by atoms with Crippen LogP contribution in [0, 0.1) is 0 Å². The van der Waals surface area contributed by atoms with E-state index in [4.69, 9.17) is 9.84 Å². The molecule has 0 unspecified atom stereocenters. The predicted octanol–water partition coefficient (Wildman–Crippen LogP) is 1.03. The first kappa shape index (κ1) is 13.5. The lowest BCUT2D eigenvalue weighted by atomic mass is 10.1. The highest BCUT2D eigenvalue weighted by Gasteiger charge is 2.30. The van der Waals surface area contributed by atoms with E-state index < -0.39 is 5.97 Å². The Morgan fingerprint density at radius 2 is 1.95 bits per heavy atom. The average Bonchev–Trinajstić information content (AvgIpc) is 2.38. The quantitative estimate of drug-likeness (QED) is 0.863. The van der Waals surface area contributed by atoms with Gasteiger partial charge in [-0.1, -0.05) is 0 Å². The molecule has 1 aliphatic rings. The van der Waals surface area contributed by atoms with Gasteiger partial charge in [-0.3, -0.25) is 4.79 Å². The molecule has 1 amide bonds. The van der Waals surface area contributed by atoms with Crippen LogP contribution in [0.25, 0.3) is 0 Å². The van der Waals surface area contributed by atoms with Gasteiger partial charge in [0.2, 0.25) is 0 Å². The van der Waals surface area contributed by atoms with Crippen molar-refractivity contribution < 1.29 is 19.4 Å². The molecular formula is C13H16N2O4. The zero-order valence-electron chi connectivity index (χ0n) is 10.9. The fourth-order valence-electron chi connectivity index (χ4n) is 2.20. The number of nitrogens with zero attached hydrogens (tertiary/aromatic N) is 2. The molecule has 1 aliphatic heterocycles. The van der Waals surface area contributed by atoms with Crippen LogP contribution in [0.5, 0.6) is 0 Å². The van der Waals surface area contributed by atoms with Crippen LogP contribution in [0.1, 0.15) is 34.7 Å².